The van der Waals surface area contributed by atoms with E-state index >= 15 is 0 Å². The van der Waals surface area contributed by atoms with Gasteiger partial charge in [-0.1, -0.05) is 42.1 Å². The van der Waals surface area contributed by atoms with Gasteiger partial charge in [0.25, 0.3) is 0 Å². The lowest BCUT2D eigenvalue weighted by Gasteiger charge is -2.03. The van der Waals surface area contributed by atoms with Crippen LogP contribution in [0.3, 0.4) is 0 Å². The van der Waals surface area contributed by atoms with Crippen molar-refractivity contribution in [2.75, 3.05) is 0 Å². The number of furan rings is 1. The predicted molar refractivity (Wildman–Crippen MR) is 97.5 cm³/mol. The normalized spacial score (nSPS) is 11.1. The van der Waals surface area contributed by atoms with E-state index in [0.717, 1.165) is 27.4 Å². The molecule has 126 valence electrons. The average Bonchev–Trinajstić information content (AvgIpc) is 3.35. The quantitative estimate of drug-likeness (QED) is 0.478. The molecule has 0 spiro atoms. The zero-order valence-corrected chi connectivity index (χ0v) is 15.1. The molecule has 0 radical (unpaired) electrons. The predicted octanol–water partition coefficient (Wildman–Crippen LogP) is 4.04. The van der Waals surface area contributed by atoms with E-state index in [1.165, 1.54) is 5.56 Å². The maximum atomic E-state index is 5.62. The number of thioether (sulfide) groups is 1. The van der Waals surface area contributed by atoms with Gasteiger partial charge in [0.1, 0.15) is 5.76 Å². The van der Waals surface area contributed by atoms with Crippen LogP contribution in [-0.4, -0.2) is 25.2 Å². The number of thiazole rings is 1. The molecule has 1 aromatic carbocycles. The zero-order chi connectivity index (χ0) is 17.1. The molecular weight excluding hydrogens is 354 g/mol. The number of aromatic nitrogens is 5. The lowest BCUT2D eigenvalue weighted by molar-refractivity contribution is 0.548. The van der Waals surface area contributed by atoms with Crippen molar-refractivity contribution >= 4 is 23.1 Å². The number of nitrogens with zero attached hydrogens (tertiary/aromatic N) is 5. The molecule has 0 saturated carbocycles. The molecular formula is C17H15N5OS2. The lowest BCUT2D eigenvalue weighted by Crippen LogP contribution is -2.03. The van der Waals surface area contributed by atoms with Crippen LogP contribution in [0.1, 0.15) is 17.0 Å². The van der Waals surface area contributed by atoms with Gasteiger partial charge in [-0.05, 0) is 35.0 Å². The van der Waals surface area contributed by atoms with Crippen LogP contribution in [0.15, 0.2) is 57.4 Å². The first-order valence-corrected chi connectivity index (χ1v) is 9.58. The van der Waals surface area contributed by atoms with Gasteiger partial charge in [0.15, 0.2) is 10.8 Å². The van der Waals surface area contributed by atoms with Crippen molar-refractivity contribution in [3.05, 3.63) is 64.9 Å². The average molecular weight is 369 g/mol. The Labute approximate surface area is 152 Å². The van der Waals surface area contributed by atoms with E-state index in [1.807, 2.05) is 47.3 Å². The van der Waals surface area contributed by atoms with E-state index in [-0.39, 0.29) is 0 Å². The minimum atomic E-state index is 0.657. The smallest absolute Gasteiger partial charge is 0.210 e. The van der Waals surface area contributed by atoms with Crippen molar-refractivity contribution in [3.63, 3.8) is 0 Å². The fourth-order valence-electron chi connectivity index (χ4n) is 2.33. The molecule has 0 fully saturated rings. The summed E-state index contributed by atoms with van der Waals surface area (Å²) < 4.78 is 7.43. The van der Waals surface area contributed by atoms with Gasteiger partial charge in [-0.2, -0.15) is 0 Å². The molecule has 4 aromatic rings. The third-order valence-electron chi connectivity index (χ3n) is 3.53. The van der Waals surface area contributed by atoms with E-state index in [4.69, 9.17) is 4.42 Å². The van der Waals surface area contributed by atoms with Crippen LogP contribution < -0.4 is 0 Å². The first-order valence-electron chi connectivity index (χ1n) is 7.72. The van der Waals surface area contributed by atoms with Crippen LogP contribution in [0.5, 0.6) is 0 Å². The molecule has 25 heavy (non-hydrogen) atoms. The summed E-state index contributed by atoms with van der Waals surface area (Å²) in [7, 11) is 0. The summed E-state index contributed by atoms with van der Waals surface area (Å²) in [5.74, 6) is 2.42. The van der Waals surface area contributed by atoms with Crippen LogP contribution >= 0.6 is 23.1 Å². The third kappa shape index (κ3) is 3.80. The Morgan fingerprint density at radius 3 is 2.84 bits per heavy atom. The van der Waals surface area contributed by atoms with Crippen LogP contribution in [0.4, 0.5) is 0 Å². The van der Waals surface area contributed by atoms with Crippen LogP contribution in [0.2, 0.25) is 0 Å². The monoisotopic (exact) mass is 369 g/mol. The highest BCUT2D eigenvalue weighted by atomic mass is 32.2. The van der Waals surface area contributed by atoms with Crippen LogP contribution in [-0.2, 0) is 12.3 Å². The summed E-state index contributed by atoms with van der Waals surface area (Å²) in [5.41, 5.74) is 2.16. The second-order valence-corrected chi connectivity index (χ2v) is 7.25. The lowest BCUT2D eigenvalue weighted by atomic mass is 10.2. The summed E-state index contributed by atoms with van der Waals surface area (Å²) in [6, 6.07) is 14.1. The van der Waals surface area contributed by atoms with Gasteiger partial charge in [0.2, 0.25) is 5.16 Å². The van der Waals surface area contributed by atoms with Crippen molar-refractivity contribution < 1.29 is 4.42 Å². The highest BCUT2D eigenvalue weighted by Gasteiger charge is 2.11. The van der Waals surface area contributed by atoms with Crippen molar-refractivity contribution in [2.24, 2.45) is 0 Å². The summed E-state index contributed by atoms with van der Waals surface area (Å²) >= 11 is 3.16. The van der Waals surface area contributed by atoms with Crippen molar-refractivity contribution in [1.82, 2.24) is 25.2 Å². The van der Waals surface area contributed by atoms with Gasteiger partial charge in [0.05, 0.1) is 12.2 Å². The van der Waals surface area contributed by atoms with Gasteiger partial charge in [-0.15, -0.1) is 16.4 Å². The molecule has 0 amide bonds. The summed E-state index contributed by atoms with van der Waals surface area (Å²) in [5, 5.41) is 15.7. The Bertz CT molecular complexity index is 960. The SMILES string of the molecule is Cc1ccc(-c2nc(CSc3nnnn3Cc3ccccc3)cs2)o1. The third-order valence-corrected chi connectivity index (χ3v) is 5.42. The van der Waals surface area contributed by atoms with Gasteiger partial charge >= 0.3 is 0 Å². The molecule has 0 saturated heterocycles. The highest BCUT2D eigenvalue weighted by Crippen LogP contribution is 2.28. The minimum Gasteiger partial charge on any atom is -0.459 e. The molecule has 0 aliphatic carbocycles. The second-order valence-electron chi connectivity index (χ2n) is 5.45. The molecule has 0 bridgehead atoms. The minimum absolute atomic E-state index is 0.657. The Morgan fingerprint density at radius 2 is 2.04 bits per heavy atom. The number of rotatable bonds is 6. The van der Waals surface area contributed by atoms with Crippen LogP contribution in [0.25, 0.3) is 10.8 Å². The largest absolute Gasteiger partial charge is 0.459 e. The Hall–Kier alpha value is -2.45. The molecule has 0 unspecified atom stereocenters. The number of hydrogen-bond donors (Lipinski definition) is 0. The molecule has 4 rings (SSSR count). The first kappa shape index (κ1) is 16.0. The van der Waals surface area contributed by atoms with E-state index < -0.39 is 0 Å². The van der Waals surface area contributed by atoms with Gasteiger partial charge in [-0.3, -0.25) is 0 Å². The number of aryl methyl sites for hydroxylation is 1. The fourth-order valence-corrected chi connectivity index (χ4v) is 3.98. The maximum Gasteiger partial charge on any atom is 0.210 e. The fraction of sp³-hybridized carbons (Fsp3) is 0.176. The molecule has 8 heteroatoms. The Kier molecular flexibility index (Phi) is 4.62. The standard InChI is InChI=1S/C17H15N5OS2/c1-12-7-8-15(23-12)16-18-14(10-24-16)11-25-17-19-20-21-22(17)9-13-5-3-2-4-6-13/h2-8,10H,9,11H2,1H3. The molecule has 0 N–H and O–H groups in total. The van der Waals surface area contributed by atoms with E-state index in [9.17, 15) is 0 Å². The zero-order valence-electron chi connectivity index (χ0n) is 13.5. The van der Waals surface area contributed by atoms with Crippen molar-refractivity contribution in [1.29, 1.82) is 0 Å². The maximum absolute atomic E-state index is 5.62. The second kappa shape index (κ2) is 7.20. The molecule has 3 aromatic heterocycles. The summed E-state index contributed by atoms with van der Waals surface area (Å²) in [6.07, 6.45) is 0. The van der Waals surface area contributed by atoms with E-state index in [1.54, 1.807) is 23.1 Å². The first-order chi connectivity index (χ1) is 12.3. The Morgan fingerprint density at radius 1 is 1.16 bits per heavy atom. The molecule has 6 nitrogen and oxygen atoms in total. The Balaban J connectivity index is 1.42. The number of tetrazole rings is 1. The summed E-state index contributed by atoms with van der Waals surface area (Å²) in [4.78, 5) is 4.63. The van der Waals surface area contributed by atoms with Gasteiger partial charge in [0, 0.05) is 11.1 Å². The van der Waals surface area contributed by atoms with Gasteiger partial charge in [-0.25, -0.2) is 9.67 Å². The van der Waals surface area contributed by atoms with Crippen LogP contribution in [0, 0.1) is 6.92 Å². The van der Waals surface area contributed by atoms with E-state index in [0.29, 0.717) is 12.3 Å². The topological polar surface area (TPSA) is 69.6 Å². The highest BCUT2D eigenvalue weighted by molar-refractivity contribution is 7.98. The summed E-state index contributed by atoms with van der Waals surface area (Å²) in [6.45, 7) is 2.59. The number of hydrogen-bond acceptors (Lipinski definition) is 7. The molecule has 0 aliphatic rings. The molecule has 3 heterocycles. The van der Waals surface area contributed by atoms with E-state index in [2.05, 4.69) is 32.6 Å². The van der Waals surface area contributed by atoms with Gasteiger partial charge < -0.3 is 4.42 Å². The van der Waals surface area contributed by atoms with Crippen molar-refractivity contribution in [2.45, 2.75) is 24.4 Å². The van der Waals surface area contributed by atoms with Crippen molar-refractivity contribution in [3.8, 4) is 10.8 Å². The number of benzene rings is 1. The molecule has 0 atom stereocenters. The molecule has 0 aliphatic heterocycles.